The van der Waals surface area contributed by atoms with Crippen LogP contribution in [0.5, 0.6) is 0 Å². The van der Waals surface area contributed by atoms with Gasteiger partial charge in [-0.05, 0) is 32.1 Å². The first-order valence-electron chi connectivity index (χ1n) is 27.9. The molecule has 364 valence electrons. The largest absolute Gasteiger partial charge is 1.00 e. The van der Waals surface area contributed by atoms with Gasteiger partial charge >= 0.3 is 5.97 Å². The summed E-state index contributed by atoms with van der Waals surface area (Å²) in [6.07, 6.45) is 67.1. The zero-order chi connectivity index (χ0) is 43.4. The van der Waals surface area contributed by atoms with E-state index >= 15 is 0 Å². The van der Waals surface area contributed by atoms with Crippen LogP contribution in [0.4, 0.5) is 0 Å². The second-order valence-corrected chi connectivity index (χ2v) is 20.1. The third-order valence-corrected chi connectivity index (χ3v) is 13.2. The summed E-state index contributed by atoms with van der Waals surface area (Å²) in [6, 6.07) is 0. The van der Waals surface area contributed by atoms with Crippen molar-refractivity contribution in [3.05, 3.63) is 0 Å². The predicted octanol–water partition coefficient (Wildman–Crippen LogP) is 16.9. The Morgan fingerprint density at radius 1 is 0.283 bits per heavy atom. The summed E-state index contributed by atoms with van der Waals surface area (Å²) in [5.74, 6) is -0.653. The van der Waals surface area contributed by atoms with Crippen LogP contribution < -0.4 is 12.4 Å². The third kappa shape index (κ3) is 62.0. The molecule has 0 aliphatic heterocycles. The fraction of sp³-hybridized carbons (Fsp3) is 0.982. The molecule has 0 rings (SSSR count). The van der Waals surface area contributed by atoms with E-state index in [0.29, 0.717) is 6.42 Å². The van der Waals surface area contributed by atoms with Gasteiger partial charge in [0.15, 0.2) is 0 Å². The molecule has 0 aliphatic carbocycles. The number of nitrogens with zero attached hydrogens (tertiary/aromatic N) is 1. The van der Waals surface area contributed by atoms with Crippen molar-refractivity contribution in [2.45, 2.75) is 329 Å². The number of carboxylic acid groups (broad SMARTS) is 1. The molecule has 0 amide bonds. The lowest BCUT2D eigenvalue weighted by Gasteiger charge is -2.30. The van der Waals surface area contributed by atoms with Gasteiger partial charge in [-0.1, -0.05) is 290 Å². The molecule has 0 radical (unpaired) electrons. The fourth-order valence-electron chi connectivity index (χ4n) is 8.94. The molecule has 0 fully saturated rings. The van der Waals surface area contributed by atoms with Crippen molar-refractivity contribution in [1.82, 2.24) is 0 Å². The van der Waals surface area contributed by atoms with Crippen LogP contribution in [0.25, 0.3) is 0 Å². The van der Waals surface area contributed by atoms with Gasteiger partial charge < -0.3 is 22.0 Å². The summed E-state index contributed by atoms with van der Waals surface area (Å²) in [6.45, 7) is 9.66. The van der Waals surface area contributed by atoms with Crippen molar-refractivity contribution >= 4 is 5.97 Å². The van der Waals surface area contributed by atoms with Crippen LogP contribution >= 0.6 is 0 Å². The Labute approximate surface area is 387 Å². The average molecular weight is 871 g/mol. The van der Waals surface area contributed by atoms with E-state index in [2.05, 4.69) is 34.9 Å². The van der Waals surface area contributed by atoms with Gasteiger partial charge in [-0.3, -0.25) is 4.79 Å². The first-order chi connectivity index (χ1) is 28.9. The number of rotatable bonds is 50. The van der Waals surface area contributed by atoms with Crippen molar-refractivity contribution < 1.29 is 26.8 Å². The molecule has 0 unspecified atom stereocenters. The van der Waals surface area contributed by atoms with E-state index in [0.717, 1.165) is 12.8 Å². The molecule has 0 saturated carbocycles. The van der Waals surface area contributed by atoms with Crippen LogP contribution in [-0.2, 0) is 4.79 Å². The molecule has 0 spiro atoms. The molecule has 4 heteroatoms. The molecule has 0 atom stereocenters. The maximum absolute atomic E-state index is 10.3. The van der Waals surface area contributed by atoms with Crippen molar-refractivity contribution in [2.24, 2.45) is 0 Å². The number of unbranched alkanes of at least 4 members (excludes halogenated alkanes) is 44. The van der Waals surface area contributed by atoms with Gasteiger partial charge in [0.25, 0.3) is 0 Å². The van der Waals surface area contributed by atoms with Crippen LogP contribution in [0.2, 0.25) is 0 Å². The number of quaternary nitrogens is 1. The molecule has 0 saturated heterocycles. The van der Waals surface area contributed by atoms with Crippen LogP contribution in [0, 0.1) is 0 Å². The fourth-order valence-corrected chi connectivity index (χ4v) is 8.94. The van der Waals surface area contributed by atoms with E-state index in [4.69, 9.17) is 5.11 Å². The lowest BCUT2D eigenvalue weighted by molar-refractivity contribution is -0.890. The number of hydrogen-bond donors (Lipinski definition) is 1. The Balaban J connectivity index is -0.00000130. The standard InChI is InChI=1S/C38H80N.C18H36O2.ClH/c1-5-7-9-11-13-15-17-19-21-23-25-27-29-31-33-35-37-39(3,4)38-36-34-32-30-28-26-24-22-20-18-16-14-12-10-8-6-2;1-2-3-4-5-6-7-8-9-10-11-12-13-14-15-16-17-18(19)20;/h5-38H2,1-4H3;2-17H2,1H3,(H,19,20);1H/q+1;;/p-1. The van der Waals surface area contributed by atoms with Crippen LogP contribution in [-0.4, -0.2) is 42.7 Å². The zero-order valence-electron chi connectivity index (χ0n) is 42.5. The Kier molecular flexibility index (Phi) is 60.5. The molecule has 1 N–H and O–H groups in total. The number of halogens is 1. The SMILES string of the molecule is CCCCCCCCCCCCCCCCCC(=O)O.CCCCCCCCCCCCCCCCCC[N+](C)(C)CCCCCCCCCCCCCCCCCC.[Cl-]. The zero-order valence-corrected chi connectivity index (χ0v) is 43.3. The molecule has 0 bridgehead atoms. The first-order valence-corrected chi connectivity index (χ1v) is 27.9. The summed E-state index contributed by atoms with van der Waals surface area (Å²) in [5.41, 5.74) is 0. The van der Waals surface area contributed by atoms with Gasteiger partial charge in [-0.15, -0.1) is 0 Å². The predicted molar refractivity (Wildman–Crippen MR) is 268 cm³/mol. The highest BCUT2D eigenvalue weighted by atomic mass is 35.5. The van der Waals surface area contributed by atoms with Gasteiger partial charge in [-0.25, -0.2) is 0 Å². The summed E-state index contributed by atoms with van der Waals surface area (Å²) in [5, 5.41) is 8.52. The van der Waals surface area contributed by atoms with Crippen molar-refractivity contribution in [2.75, 3.05) is 27.2 Å². The molecule has 0 heterocycles. The lowest BCUT2D eigenvalue weighted by atomic mass is 10.0. The van der Waals surface area contributed by atoms with Crippen LogP contribution in [0.1, 0.15) is 329 Å². The molecule has 0 aromatic carbocycles. The first kappa shape index (κ1) is 64.0. The summed E-state index contributed by atoms with van der Waals surface area (Å²) < 4.78 is 1.25. The van der Waals surface area contributed by atoms with Crippen LogP contribution in [0.3, 0.4) is 0 Å². The maximum atomic E-state index is 10.3. The van der Waals surface area contributed by atoms with E-state index in [9.17, 15) is 4.79 Å². The summed E-state index contributed by atoms with van der Waals surface area (Å²) in [7, 11) is 4.94. The van der Waals surface area contributed by atoms with Crippen molar-refractivity contribution in [1.29, 1.82) is 0 Å². The topological polar surface area (TPSA) is 37.3 Å². The third-order valence-electron chi connectivity index (χ3n) is 13.2. The van der Waals surface area contributed by atoms with E-state index < -0.39 is 5.97 Å². The summed E-state index contributed by atoms with van der Waals surface area (Å²) >= 11 is 0. The Hall–Kier alpha value is -0.280. The molecule has 3 nitrogen and oxygen atoms in total. The Morgan fingerprint density at radius 2 is 0.433 bits per heavy atom. The minimum atomic E-state index is -0.653. The van der Waals surface area contributed by atoms with Gasteiger partial charge in [-0.2, -0.15) is 0 Å². The smallest absolute Gasteiger partial charge is 0.303 e. The lowest BCUT2D eigenvalue weighted by Crippen LogP contribution is -3.00. The van der Waals surface area contributed by atoms with E-state index in [1.165, 1.54) is 307 Å². The summed E-state index contributed by atoms with van der Waals surface area (Å²) in [4.78, 5) is 10.3. The van der Waals surface area contributed by atoms with Crippen molar-refractivity contribution in [3.63, 3.8) is 0 Å². The minimum absolute atomic E-state index is 0. The molecule has 0 aromatic rings. The number of carboxylic acids is 1. The average Bonchev–Trinajstić information content (AvgIpc) is 3.22. The number of hydrogen-bond acceptors (Lipinski definition) is 1. The quantitative estimate of drug-likeness (QED) is 0.0488. The number of aliphatic carboxylic acids is 1. The molecular weight excluding hydrogens is 754 g/mol. The van der Waals surface area contributed by atoms with Gasteiger partial charge in [0.2, 0.25) is 0 Å². The monoisotopic (exact) mass is 870 g/mol. The second kappa shape index (κ2) is 56.7. The van der Waals surface area contributed by atoms with E-state index in [1.54, 1.807) is 0 Å². The highest BCUT2D eigenvalue weighted by Gasteiger charge is 2.13. The Bertz CT molecular complexity index is 720. The molecule has 60 heavy (non-hydrogen) atoms. The maximum Gasteiger partial charge on any atom is 0.303 e. The van der Waals surface area contributed by atoms with Gasteiger partial charge in [0, 0.05) is 6.42 Å². The van der Waals surface area contributed by atoms with Gasteiger partial charge in [0.05, 0.1) is 27.2 Å². The second-order valence-electron chi connectivity index (χ2n) is 20.1. The normalized spacial score (nSPS) is 11.4. The van der Waals surface area contributed by atoms with E-state index in [1.807, 2.05) is 0 Å². The van der Waals surface area contributed by atoms with E-state index in [-0.39, 0.29) is 12.4 Å². The highest BCUT2D eigenvalue weighted by molar-refractivity contribution is 5.66. The van der Waals surface area contributed by atoms with Crippen LogP contribution in [0.15, 0.2) is 0 Å². The van der Waals surface area contributed by atoms with Crippen molar-refractivity contribution in [3.8, 4) is 0 Å². The molecule has 0 aromatic heterocycles. The van der Waals surface area contributed by atoms with Gasteiger partial charge in [0.1, 0.15) is 0 Å². The number of carbonyl (C=O) groups is 1. The Morgan fingerprint density at radius 3 is 0.600 bits per heavy atom. The minimum Gasteiger partial charge on any atom is -1.00 e. The molecule has 0 aliphatic rings. The highest BCUT2D eigenvalue weighted by Crippen LogP contribution is 2.17. The molecular formula is C56H116ClNO2.